The first-order valence-corrected chi connectivity index (χ1v) is 9.69. The Balaban J connectivity index is 1.43. The molecule has 1 aliphatic rings. The van der Waals surface area contributed by atoms with Crippen molar-refractivity contribution in [3.63, 3.8) is 0 Å². The highest BCUT2D eigenvalue weighted by Gasteiger charge is 2.21. The van der Waals surface area contributed by atoms with Crippen LogP contribution in [0.1, 0.15) is 22.5 Å². The molecule has 0 saturated carbocycles. The van der Waals surface area contributed by atoms with Crippen LogP contribution in [-0.4, -0.2) is 43.3 Å². The summed E-state index contributed by atoms with van der Waals surface area (Å²) in [5.74, 6) is -1.12. The molecular formula is C19H20N4O4S. The lowest BCUT2D eigenvalue weighted by Crippen LogP contribution is -2.40. The molecule has 1 aromatic heterocycles. The van der Waals surface area contributed by atoms with Crippen molar-refractivity contribution in [3.8, 4) is 0 Å². The van der Waals surface area contributed by atoms with Gasteiger partial charge in [0.25, 0.3) is 5.91 Å². The number of nitrogens with one attached hydrogen (secondary N) is 3. The van der Waals surface area contributed by atoms with Crippen LogP contribution in [0.2, 0.25) is 0 Å². The normalized spacial score (nSPS) is 13.3. The van der Waals surface area contributed by atoms with Crippen LogP contribution >= 0.6 is 11.3 Å². The van der Waals surface area contributed by atoms with E-state index < -0.39 is 11.8 Å². The molecule has 0 unspecified atom stereocenters. The van der Waals surface area contributed by atoms with E-state index in [9.17, 15) is 19.2 Å². The van der Waals surface area contributed by atoms with Crippen molar-refractivity contribution in [3.05, 3.63) is 46.7 Å². The fourth-order valence-corrected chi connectivity index (χ4v) is 3.41. The first kappa shape index (κ1) is 19.6. The number of carbonyl (C=O) groups is 4. The Labute approximate surface area is 165 Å². The first-order valence-electron chi connectivity index (χ1n) is 8.81. The van der Waals surface area contributed by atoms with Crippen molar-refractivity contribution in [1.82, 2.24) is 10.6 Å². The summed E-state index contributed by atoms with van der Waals surface area (Å²) in [6.07, 6.45) is 1.36. The minimum absolute atomic E-state index is 0.0698. The van der Waals surface area contributed by atoms with E-state index in [1.165, 1.54) is 11.3 Å². The number of carbonyl (C=O) groups excluding carboxylic acids is 4. The summed E-state index contributed by atoms with van der Waals surface area (Å²) < 4.78 is 0. The first-order chi connectivity index (χ1) is 13.5. The molecule has 1 saturated heterocycles. The van der Waals surface area contributed by atoms with Gasteiger partial charge in [-0.1, -0.05) is 12.1 Å². The molecule has 2 heterocycles. The molecule has 0 spiro atoms. The van der Waals surface area contributed by atoms with Gasteiger partial charge in [0.05, 0.1) is 18.0 Å². The Morgan fingerprint density at radius 3 is 2.57 bits per heavy atom. The average Bonchev–Trinajstić information content (AvgIpc) is 3.36. The van der Waals surface area contributed by atoms with Crippen molar-refractivity contribution in [1.29, 1.82) is 0 Å². The third-order valence-corrected chi connectivity index (χ3v) is 4.98. The molecule has 9 heteroatoms. The van der Waals surface area contributed by atoms with Gasteiger partial charge in [0.2, 0.25) is 17.7 Å². The van der Waals surface area contributed by atoms with Crippen LogP contribution in [0.4, 0.5) is 11.4 Å². The van der Waals surface area contributed by atoms with Gasteiger partial charge in [0, 0.05) is 24.3 Å². The summed E-state index contributed by atoms with van der Waals surface area (Å²) >= 11 is 1.28. The maximum absolute atomic E-state index is 12.0. The standard InChI is InChI=1S/C19H20N4O4S/c24-16(11-21-19(27)15-6-3-9-28-15)20-12-17(25)22-13-4-1-5-14(10-13)23-8-2-7-18(23)26/h1,3-6,9-10H,2,7-8,11-12H2,(H,20,24)(H,21,27)(H,22,25). The number of hydrogen-bond donors (Lipinski definition) is 3. The molecule has 1 aromatic carbocycles. The topological polar surface area (TPSA) is 108 Å². The zero-order valence-corrected chi connectivity index (χ0v) is 15.9. The molecule has 0 aliphatic carbocycles. The smallest absolute Gasteiger partial charge is 0.261 e. The summed E-state index contributed by atoms with van der Waals surface area (Å²) in [4.78, 5) is 49.6. The number of thiophene rings is 1. The molecule has 3 rings (SSSR count). The quantitative estimate of drug-likeness (QED) is 0.652. The fraction of sp³-hybridized carbons (Fsp3) is 0.263. The van der Waals surface area contributed by atoms with E-state index in [0.29, 0.717) is 23.5 Å². The number of nitrogens with zero attached hydrogens (tertiary/aromatic N) is 1. The van der Waals surface area contributed by atoms with E-state index in [0.717, 1.165) is 12.1 Å². The van der Waals surface area contributed by atoms with Gasteiger partial charge in [0.1, 0.15) is 0 Å². The Morgan fingerprint density at radius 1 is 1.04 bits per heavy atom. The van der Waals surface area contributed by atoms with Crippen LogP contribution in [0, 0.1) is 0 Å². The van der Waals surface area contributed by atoms with Gasteiger partial charge in [-0.15, -0.1) is 11.3 Å². The number of benzene rings is 1. The van der Waals surface area contributed by atoms with Crippen LogP contribution in [0.15, 0.2) is 41.8 Å². The summed E-state index contributed by atoms with van der Waals surface area (Å²) in [6.45, 7) is 0.237. The van der Waals surface area contributed by atoms with E-state index in [4.69, 9.17) is 0 Å². The molecule has 146 valence electrons. The summed E-state index contributed by atoms with van der Waals surface area (Å²) in [5, 5.41) is 9.40. The van der Waals surface area contributed by atoms with E-state index in [-0.39, 0.29) is 24.9 Å². The molecular weight excluding hydrogens is 380 g/mol. The molecule has 28 heavy (non-hydrogen) atoms. The molecule has 1 fully saturated rings. The van der Waals surface area contributed by atoms with Crippen LogP contribution in [-0.2, 0) is 14.4 Å². The zero-order chi connectivity index (χ0) is 19.9. The number of anilines is 2. The number of rotatable bonds is 7. The predicted octanol–water partition coefficient (Wildman–Crippen LogP) is 1.36. The SMILES string of the molecule is O=C(CNC(=O)c1cccs1)NCC(=O)Nc1cccc(N2CCCC2=O)c1. The molecule has 3 N–H and O–H groups in total. The highest BCUT2D eigenvalue weighted by atomic mass is 32.1. The summed E-state index contributed by atoms with van der Waals surface area (Å²) in [6, 6.07) is 10.4. The number of amides is 4. The monoisotopic (exact) mass is 400 g/mol. The maximum atomic E-state index is 12.0. The van der Waals surface area contributed by atoms with E-state index in [2.05, 4.69) is 16.0 Å². The number of hydrogen-bond acceptors (Lipinski definition) is 5. The Morgan fingerprint density at radius 2 is 1.86 bits per heavy atom. The van der Waals surface area contributed by atoms with E-state index in [1.807, 2.05) is 6.07 Å². The van der Waals surface area contributed by atoms with Crippen molar-refractivity contribution < 1.29 is 19.2 Å². The second-order valence-electron chi connectivity index (χ2n) is 6.18. The Kier molecular flexibility index (Phi) is 6.38. The molecule has 1 aliphatic heterocycles. The van der Waals surface area contributed by atoms with Crippen LogP contribution in [0.25, 0.3) is 0 Å². The van der Waals surface area contributed by atoms with Crippen molar-refractivity contribution in [2.75, 3.05) is 29.9 Å². The van der Waals surface area contributed by atoms with Gasteiger partial charge in [-0.2, -0.15) is 0 Å². The van der Waals surface area contributed by atoms with Crippen molar-refractivity contribution in [2.45, 2.75) is 12.8 Å². The lowest BCUT2D eigenvalue weighted by Gasteiger charge is -2.16. The largest absolute Gasteiger partial charge is 0.345 e. The average molecular weight is 400 g/mol. The van der Waals surface area contributed by atoms with Gasteiger partial charge >= 0.3 is 0 Å². The van der Waals surface area contributed by atoms with E-state index >= 15 is 0 Å². The van der Waals surface area contributed by atoms with Gasteiger partial charge in [-0.05, 0) is 36.1 Å². The minimum atomic E-state index is -0.462. The molecule has 0 radical (unpaired) electrons. The third kappa shape index (κ3) is 5.17. The highest BCUT2D eigenvalue weighted by molar-refractivity contribution is 7.12. The van der Waals surface area contributed by atoms with Gasteiger partial charge in [-0.3, -0.25) is 19.2 Å². The predicted molar refractivity (Wildman–Crippen MR) is 106 cm³/mol. The maximum Gasteiger partial charge on any atom is 0.261 e. The summed E-state index contributed by atoms with van der Waals surface area (Å²) in [5.41, 5.74) is 1.28. The third-order valence-electron chi connectivity index (χ3n) is 4.12. The van der Waals surface area contributed by atoms with Gasteiger partial charge in [-0.25, -0.2) is 0 Å². The zero-order valence-electron chi connectivity index (χ0n) is 15.1. The molecule has 0 atom stereocenters. The van der Waals surface area contributed by atoms with Crippen LogP contribution in [0.3, 0.4) is 0 Å². The lowest BCUT2D eigenvalue weighted by atomic mass is 10.2. The van der Waals surface area contributed by atoms with Crippen molar-refractivity contribution >= 4 is 46.3 Å². The Hall–Kier alpha value is -3.20. The molecule has 8 nitrogen and oxygen atoms in total. The van der Waals surface area contributed by atoms with E-state index in [1.54, 1.807) is 40.6 Å². The molecule has 2 aromatic rings. The summed E-state index contributed by atoms with van der Waals surface area (Å²) in [7, 11) is 0. The second kappa shape index (κ2) is 9.14. The Bertz CT molecular complexity index is 882. The van der Waals surface area contributed by atoms with Crippen molar-refractivity contribution in [2.24, 2.45) is 0 Å². The second-order valence-corrected chi connectivity index (χ2v) is 7.13. The molecule has 0 bridgehead atoms. The highest BCUT2D eigenvalue weighted by Crippen LogP contribution is 2.24. The fourth-order valence-electron chi connectivity index (χ4n) is 2.77. The van der Waals surface area contributed by atoms with Crippen LogP contribution < -0.4 is 20.9 Å². The molecule has 4 amide bonds. The van der Waals surface area contributed by atoms with Gasteiger partial charge in [0.15, 0.2) is 0 Å². The van der Waals surface area contributed by atoms with Crippen LogP contribution in [0.5, 0.6) is 0 Å². The lowest BCUT2D eigenvalue weighted by molar-refractivity contribution is -0.123. The minimum Gasteiger partial charge on any atom is -0.345 e. The van der Waals surface area contributed by atoms with Gasteiger partial charge < -0.3 is 20.9 Å².